The zero-order valence-corrected chi connectivity index (χ0v) is 16.6. The minimum atomic E-state index is -0.800. The summed E-state index contributed by atoms with van der Waals surface area (Å²) in [5, 5.41) is 3.41. The van der Waals surface area contributed by atoms with Crippen LogP contribution >= 0.6 is 0 Å². The van der Waals surface area contributed by atoms with Gasteiger partial charge in [-0.05, 0) is 61.9 Å². The molecule has 150 valence electrons. The van der Waals surface area contributed by atoms with Gasteiger partial charge < -0.3 is 15.1 Å². The smallest absolute Gasteiger partial charge is 0.193 e. The van der Waals surface area contributed by atoms with Gasteiger partial charge in [-0.15, -0.1) is 0 Å². The van der Waals surface area contributed by atoms with E-state index in [2.05, 4.69) is 20.1 Å². The Hall–Kier alpha value is -1.69. The number of likely N-dealkylation sites (tertiary alicyclic amines) is 2. The first-order valence-corrected chi connectivity index (χ1v) is 10.2. The Bertz CT molecular complexity index is 643. The molecular weight excluding hydrogens is 346 g/mol. The lowest BCUT2D eigenvalue weighted by atomic mass is 10.0. The third-order valence-corrected chi connectivity index (χ3v) is 5.84. The van der Waals surface area contributed by atoms with Crippen LogP contribution in [0.15, 0.2) is 23.2 Å². The van der Waals surface area contributed by atoms with Crippen molar-refractivity contribution in [2.45, 2.75) is 38.5 Å². The zero-order chi connectivity index (χ0) is 19.2. The van der Waals surface area contributed by atoms with Crippen molar-refractivity contribution in [3.63, 3.8) is 0 Å². The summed E-state index contributed by atoms with van der Waals surface area (Å²) in [5.74, 6) is 0.0924. The second kappa shape index (κ2) is 9.49. The number of nitrogens with zero attached hydrogens (tertiary/aromatic N) is 3. The summed E-state index contributed by atoms with van der Waals surface area (Å²) in [5.41, 5.74) is 0.793. The van der Waals surface area contributed by atoms with Crippen LogP contribution in [0.4, 0.5) is 8.78 Å². The lowest BCUT2D eigenvalue weighted by Gasteiger charge is -2.29. The lowest BCUT2D eigenvalue weighted by Crippen LogP contribution is -2.42. The minimum Gasteiger partial charge on any atom is -0.356 e. The molecule has 0 bridgehead atoms. The molecule has 2 atom stereocenters. The fourth-order valence-electron chi connectivity index (χ4n) is 4.19. The van der Waals surface area contributed by atoms with Gasteiger partial charge in [0.15, 0.2) is 17.6 Å². The monoisotopic (exact) mass is 378 g/mol. The highest BCUT2D eigenvalue weighted by molar-refractivity contribution is 5.80. The van der Waals surface area contributed by atoms with Gasteiger partial charge >= 0.3 is 0 Å². The van der Waals surface area contributed by atoms with Crippen molar-refractivity contribution in [3.8, 4) is 0 Å². The molecule has 0 amide bonds. The van der Waals surface area contributed by atoms with Crippen LogP contribution in [0.2, 0.25) is 0 Å². The van der Waals surface area contributed by atoms with Gasteiger partial charge in [-0.2, -0.15) is 0 Å². The molecule has 2 unspecified atom stereocenters. The molecule has 1 N–H and O–H groups in total. The van der Waals surface area contributed by atoms with Crippen LogP contribution < -0.4 is 5.32 Å². The van der Waals surface area contributed by atoms with Crippen molar-refractivity contribution in [2.24, 2.45) is 10.9 Å². The Balaban J connectivity index is 1.48. The minimum absolute atomic E-state index is 0.0728. The number of benzene rings is 1. The Morgan fingerprint density at radius 3 is 2.67 bits per heavy atom. The van der Waals surface area contributed by atoms with Crippen LogP contribution in [0.1, 0.15) is 44.1 Å². The van der Waals surface area contributed by atoms with Gasteiger partial charge in [-0.1, -0.05) is 19.4 Å². The second-order valence-electron chi connectivity index (χ2n) is 7.96. The number of hydrogen-bond acceptors (Lipinski definition) is 2. The molecule has 2 saturated heterocycles. The van der Waals surface area contributed by atoms with Crippen LogP contribution in [0.25, 0.3) is 0 Å². The molecule has 1 aromatic rings. The van der Waals surface area contributed by atoms with E-state index in [-0.39, 0.29) is 5.92 Å². The first-order valence-electron chi connectivity index (χ1n) is 10.2. The van der Waals surface area contributed by atoms with E-state index in [0.29, 0.717) is 12.5 Å². The number of nitrogens with one attached hydrogen (secondary N) is 1. The Kier molecular flexibility index (Phi) is 7.05. The number of halogens is 2. The summed E-state index contributed by atoms with van der Waals surface area (Å²) in [6, 6.07) is 4.13. The van der Waals surface area contributed by atoms with E-state index in [0.717, 1.165) is 24.6 Å². The number of piperidine rings is 1. The molecular formula is C21H32F2N4. The summed E-state index contributed by atoms with van der Waals surface area (Å²) in [6.07, 6.45) is 5.25. The molecule has 0 saturated carbocycles. The summed E-state index contributed by atoms with van der Waals surface area (Å²) in [6.45, 7) is 8.40. The van der Waals surface area contributed by atoms with E-state index in [1.54, 1.807) is 6.07 Å². The van der Waals surface area contributed by atoms with Gasteiger partial charge in [-0.25, -0.2) is 8.78 Å². The molecule has 27 heavy (non-hydrogen) atoms. The van der Waals surface area contributed by atoms with Gasteiger partial charge in [-0.3, -0.25) is 4.99 Å². The van der Waals surface area contributed by atoms with Gasteiger partial charge in [0.2, 0.25) is 0 Å². The summed E-state index contributed by atoms with van der Waals surface area (Å²) < 4.78 is 26.6. The van der Waals surface area contributed by atoms with Crippen LogP contribution in [-0.4, -0.2) is 62.1 Å². The van der Waals surface area contributed by atoms with Gasteiger partial charge in [0, 0.05) is 33.2 Å². The van der Waals surface area contributed by atoms with Gasteiger partial charge in [0.25, 0.3) is 0 Å². The topological polar surface area (TPSA) is 30.9 Å². The van der Waals surface area contributed by atoms with Crippen molar-refractivity contribution in [3.05, 3.63) is 35.4 Å². The molecule has 0 aromatic heterocycles. The number of hydrogen-bond donors (Lipinski definition) is 1. The molecule has 3 rings (SSSR count). The second-order valence-corrected chi connectivity index (χ2v) is 7.96. The standard InChI is InChI=1S/C21H32F2N4/c1-16(18-6-7-19(22)20(23)12-18)13-25-21(24-2)27-11-8-17(15-27)14-26-9-4-3-5-10-26/h6-7,12,16-17H,3-5,8-11,13-15H2,1-2H3,(H,24,25). The highest BCUT2D eigenvalue weighted by Gasteiger charge is 2.27. The van der Waals surface area contributed by atoms with Crippen LogP contribution in [0.3, 0.4) is 0 Å². The number of rotatable bonds is 5. The van der Waals surface area contributed by atoms with Crippen molar-refractivity contribution < 1.29 is 8.78 Å². The lowest BCUT2D eigenvalue weighted by molar-refractivity contribution is 0.198. The maximum atomic E-state index is 13.5. The van der Waals surface area contributed by atoms with Crippen molar-refractivity contribution in [1.82, 2.24) is 15.1 Å². The maximum Gasteiger partial charge on any atom is 0.193 e. The summed E-state index contributed by atoms with van der Waals surface area (Å²) in [7, 11) is 1.81. The van der Waals surface area contributed by atoms with Gasteiger partial charge in [0.05, 0.1) is 0 Å². The SMILES string of the molecule is CN=C(NCC(C)c1ccc(F)c(F)c1)N1CCC(CN2CCCCC2)C1. The van der Waals surface area contributed by atoms with Crippen molar-refractivity contribution >= 4 is 5.96 Å². The van der Waals surface area contributed by atoms with Crippen molar-refractivity contribution in [2.75, 3.05) is 46.3 Å². The first-order chi connectivity index (χ1) is 13.1. The molecule has 1 aromatic carbocycles. The largest absolute Gasteiger partial charge is 0.356 e. The van der Waals surface area contributed by atoms with Gasteiger partial charge in [0.1, 0.15) is 0 Å². The normalized spacial score (nSPS) is 22.9. The van der Waals surface area contributed by atoms with E-state index >= 15 is 0 Å². The number of guanidine groups is 1. The zero-order valence-electron chi connectivity index (χ0n) is 16.6. The molecule has 0 radical (unpaired) electrons. The van der Waals surface area contributed by atoms with Crippen LogP contribution in [0, 0.1) is 17.6 Å². The summed E-state index contributed by atoms with van der Waals surface area (Å²) >= 11 is 0. The third-order valence-electron chi connectivity index (χ3n) is 5.84. The molecule has 4 nitrogen and oxygen atoms in total. The third kappa shape index (κ3) is 5.41. The van der Waals surface area contributed by atoms with Crippen molar-refractivity contribution in [1.29, 1.82) is 0 Å². The predicted octanol–water partition coefficient (Wildman–Crippen LogP) is 3.45. The molecule has 2 heterocycles. The van der Waals surface area contributed by atoms with Crippen LogP contribution in [0.5, 0.6) is 0 Å². The average Bonchev–Trinajstić information content (AvgIpc) is 3.13. The first kappa shape index (κ1) is 20.1. The molecule has 0 aliphatic carbocycles. The number of aliphatic imine (C=N–C) groups is 1. The average molecular weight is 379 g/mol. The fraction of sp³-hybridized carbons (Fsp3) is 0.667. The molecule has 2 aliphatic rings. The van der Waals surface area contributed by atoms with E-state index < -0.39 is 11.6 Å². The summed E-state index contributed by atoms with van der Waals surface area (Å²) in [4.78, 5) is 9.37. The molecule has 0 spiro atoms. The quantitative estimate of drug-likeness (QED) is 0.629. The van der Waals surface area contributed by atoms with E-state index in [4.69, 9.17) is 0 Å². The Morgan fingerprint density at radius 1 is 1.19 bits per heavy atom. The van der Waals surface area contributed by atoms with Crippen LogP contribution in [-0.2, 0) is 0 Å². The Labute approximate surface area is 161 Å². The van der Waals surface area contributed by atoms with E-state index in [9.17, 15) is 8.78 Å². The highest BCUT2D eigenvalue weighted by atomic mass is 19.2. The highest BCUT2D eigenvalue weighted by Crippen LogP contribution is 2.21. The van der Waals surface area contributed by atoms with E-state index in [1.165, 1.54) is 57.5 Å². The molecule has 6 heteroatoms. The molecule has 2 fully saturated rings. The maximum absolute atomic E-state index is 13.5. The predicted molar refractivity (Wildman–Crippen MR) is 106 cm³/mol. The Morgan fingerprint density at radius 2 is 1.96 bits per heavy atom. The van der Waals surface area contributed by atoms with E-state index in [1.807, 2.05) is 14.0 Å². The fourth-order valence-corrected chi connectivity index (χ4v) is 4.19. The molecule has 2 aliphatic heterocycles.